The molecule has 4 nitrogen and oxygen atoms in total. The van der Waals surface area contributed by atoms with Gasteiger partial charge in [0.05, 0.1) is 5.69 Å². The Kier molecular flexibility index (Phi) is 2.55. The highest BCUT2D eigenvalue weighted by Crippen LogP contribution is 2.12. The summed E-state index contributed by atoms with van der Waals surface area (Å²) in [7, 11) is 0. The highest BCUT2D eigenvalue weighted by molar-refractivity contribution is 5.39. The minimum Gasteiger partial charge on any atom is -0.330 e. The molecule has 72 valence electrons. The SMILES string of the molecule is NCCc1ccccc1-n1cncn1. The topological polar surface area (TPSA) is 56.7 Å². The van der Waals surface area contributed by atoms with E-state index in [9.17, 15) is 0 Å². The van der Waals surface area contributed by atoms with Gasteiger partial charge in [0, 0.05) is 0 Å². The fourth-order valence-electron chi connectivity index (χ4n) is 1.43. The molecule has 0 aliphatic heterocycles. The van der Waals surface area contributed by atoms with E-state index in [0.717, 1.165) is 12.1 Å². The Labute approximate surface area is 82.4 Å². The fourth-order valence-corrected chi connectivity index (χ4v) is 1.43. The van der Waals surface area contributed by atoms with E-state index in [0.29, 0.717) is 6.54 Å². The van der Waals surface area contributed by atoms with Gasteiger partial charge in [0.15, 0.2) is 0 Å². The van der Waals surface area contributed by atoms with Crippen molar-refractivity contribution in [3.05, 3.63) is 42.5 Å². The first-order chi connectivity index (χ1) is 6.92. The third kappa shape index (κ3) is 1.65. The summed E-state index contributed by atoms with van der Waals surface area (Å²) in [5, 5.41) is 4.09. The molecule has 0 aliphatic carbocycles. The van der Waals surface area contributed by atoms with Crippen LogP contribution in [-0.2, 0) is 6.42 Å². The summed E-state index contributed by atoms with van der Waals surface area (Å²) in [5.74, 6) is 0. The van der Waals surface area contributed by atoms with Crippen LogP contribution in [0.15, 0.2) is 36.9 Å². The molecule has 2 rings (SSSR count). The lowest BCUT2D eigenvalue weighted by Gasteiger charge is -2.06. The highest BCUT2D eigenvalue weighted by Gasteiger charge is 2.02. The molecular formula is C10H12N4. The smallest absolute Gasteiger partial charge is 0.138 e. The highest BCUT2D eigenvalue weighted by atomic mass is 15.3. The maximum Gasteiger partial charge on any atom is 0.138 e. The Balaban J connectivity index is 2.42. The summed E-state index contributed by atoms with van der Waals surface area (Å²) >= 11 is 0. The standard InChI is InChI=1S/C10H12N4/c11-6-5-9-3-1-2-4-10(9)14-8-12-7-13-14/h1-4,7-8H,5-6,11H2. The van der Waals surface area contributed by atoms with Crippen molar-refractivity contribution in [3.8, 4) is 5.69 Å². The van der Waals surface area contributed by atoms with Crippen molar-refractivity contribution < 1.29 is 0 Å². The fraction of sp³-hybridized carbons (Fsp3) is 0.200. The van der Waals surface area contributed by atoms with Crippen LogP contribution < -0.4 is 5.73 Å². The number of hydrogen-bond acceptors (Lipinski definition) is 3. The number of benzene rings is 1. The number of para-hydroxylation sites is 1. The van der Waals surface area contributed by atoms with Crippen molar-refractivity contribution >= 4 is 0 Å². The molecule has 14 heavy (non-hydrogen) atoms. The maximum atomic E-state index is 5.54. The number of aromatic nitrogens is 3. The van der Waals surface area contributed by atoms with E-state index in [1.54, 1.807) is 11.0 Å². The average molecular weight is 188 g/mol. The first-order valence-electron chi connectivity index (χ1n) is 4.55. The Morgan fingerprint density at radius 2 is 2.14 bits per heavy atom. The predicted molar refractivity (Wildman–Crippen MR) is 54.1 cm³/mol. The third-order valence-electron chi connectivity index (χ3n) is 2.07. The normalized spacial score (nSPS) is 10.4. The average Bonchev–Trinajstić information content (AvgIpc) is 2.72. The number of nitrogens with zero attached hydrogens (tertiary/aromatic N) is 3. The monoisotopic (exact) mass is 188 g/mol. The largest absolute Gasteiger partial charge is 0.330 e. The van der Waals surface area contributed by atoms with Gasteiger partial charge in [0.1, 0.15) is 12.7 Å². The van der Waals surface area contributed by atoms with Gasteiger partial charge in [-0.25, -0.2) is 9.67 Å². The van der Waals surface area contributed by atoms with E-state index < -0.39 is 0 Å². The van der Waals surface area contributed by atoms with Gasteiger partial charge in [-0.05, 0) is 24.6 Å². The van der Waals surface area contributed by atoms with Crippen LogP contribution in [0, 0.1) is 0 Å². The molecule has 1 aromatic carbocycles. The Bertz CT molecular complexity index is 394. The van der Waals surface area contributed by atoms with Crippen LogP contribution >= 0.6 is 0 Å². The minimum absolute atomic E-state index is 0.645. The molecular weight excluding hydrogens is 176 g/mol. The van der Waals surface area contributed by atoms with Crippen molar-refractivity contribution in [1.82, 2.24) is 14.8 Å². The predicted octanol–water partition coefficient (Wildman–Crippen LogP) is 0.768. The summed E-state index contributed by atoms with van der Waals surface area (Å²) in [6, 6.07) is 8.06. The van der Waals surface area contributed by atoms with E-state index in [4.69, 9.17) is 5.73 Å². The molecule has 0 saturated heterocycles. The second-order valence-electron chi connectivity index (χ2n) is 3.01. The molecule has 0 fully saturated rings. The Morgan fingerprint density at radius 3 is 2.86 bits per heavy atom. The molecule has 2 N–H and O–H groups in total. The van der Waals surface area contributed by atoms with Gasteiger partial charge >= 0.3 is 0 Å². The minimum atomic E-state index is 0.645. The van der Waals surface area contributed by atoms with Gasteiger partial charge in [0.25, 0.3) is 0 Å². The Hall–Kier alpha value is -1.68. The molecule has 0 radical (unpaired) electrons. The molecule has 0 spiro atoms. The molecule has 4 heteroatoms. The van der Waals surface area contributed by atoms with E-state index in [1.807, 2.05) is 18.2 Å². The van der Waals surface area contributed by atoms with Crippen molar-refractivity contribution in [2.75, 3.05) is 6.54 Å². The van der Waals surface area contributed by atoms with Crippen LogP contribution in [0.5, 0.6) is 0 Å². The molecule has 0 amide bonds. The first kappa shape index (κ1) is 8.90. The second-order valence-corrected chi connectivity index (χ2v) is 3.01. The van der Waals surface area contributed by atoms with Crippen molar-refractivity contribution in [3.63, 3.8) is 0 Å². The van der Waals surface area contributed by atoms with Gasteiger partial charge in [-0.2, -0.15) is 5.10 Å². The van der Waals surface area contributed by atoms with Gasteiger partial charge in [-0.1, -0.05) is 18.2 Å². The number of nitrogens with two attached hydrogens (primary N) is 1. The van der Waals surface area contributed by atoms with Gasteiger partial charge in [-0.3, -0.25) is 0 Å². The van der Waals surface area contributed by atoms with E-state index >= 15 is 0 Å². The lowest BCUT2D eigenvalue weighted by atomic mass is 10.1. The maximum absolute atomic E-state index is 5.54. The van der Waals surface area contributed by atoms with Gasteiger partial charge in [-0.15, -0.1) is 0 Å². The third-order valence-corrected chi connectivity index (χ3v) is 2.07. The van der Waals surface area contributed by atoms with Crippen molar-refractivity contribution in [2.45, 2.75) is 6.42 Å². The summed E-state index contributed by atoms with van der Waals surface area (Å²) in [6.45, 7) is 0.645. The lowest BCUT2D eigenvalue weighted by molar-refractivity contribution is 0.849. The van der Waals surface area contributed by atoms with Crippen LogP contribution in [0.25, 0.3) is 5.69 Å². The molecule has 0 unspecified atom stereocenters. The van der Waals surface area contributed by atoms with Crippen LogP contribution in [0.2, 0.25) is 0 Å². The van der Waals surface area contributed by atoms with Crippen molar-refractivity contribution in [1.29, 1.82) is 0 Å². The molecule has 0 aliphatic rings. The summed E-state index contributed by atoms with van der Waals surface area (Å²) in [6.07, 6.45) is 4.07. The van der Waals surface area contributed by atoms with Crippen LogP contribution in [0.4, 0.5) is 0 Å². The number of hydrogen-bond donors (Lipinski definition) is 1. The lowest BCUT2D eigenvalue weighted by Crippen LogP contribution is -2.06. The zero-order chi connectivity index (χ0) is 9.80. The second kappa shape index (κ2) is 4.02. The van der Waals surface area contributed by atoms with Crippen LogP contribution in [0.3, 0.4) is 0 Å². The zero-order valence-electron chi connectivity index (χ0n) is 7.80. The van der Waals surface area contributed by atoms with Gasteiger partial charge < -0.3 is 5.73 Å². The van der Waals surface area contributed by atoms with E-state index in [-0.39, 0.29) is 0 Å². The summed E-state index contributed by atoms with van der Waals surface area (Å²) in [5.41, 5.74) is 7.78. The quantitative estimate of drug-likeness (QED) is 0.774. The molecule has 1 aromatic heterocycles. The molecule has 0 bridgehead atoms. The summed E-state index contributed by atoms with van der Waals surface area (Å²) in [4.78, 5) is 3.92. The molecule has 1 heterocycles. The van der Waals surface area contributed by atoms with Crippen LogP contribution in [0.1, 0.15) is 5.56 Å². The zero-order valence-corrected chi connectivity index (χ0v) is 7.80. The van der Waals surface area contributed by atoms with E-state index in [1.165, 1.54) is 11.9 Å². The Morgan fingerprint density at radius 1 is 1.29 bits per heavy atom. The molecule has 0 atom stereocenters. The van der Waals surface area contributed by atoms with E-state index in [2.05, 4.69) is 16.1 Å². The summed E-state index contributed by atoms with van der Waals surface area (Å²) < 4.78 is 1.75. The number of rotatable bonds is 3. The molecule has 2 aromatic rings. The van der Waals surface area contributed by atoms with Gasteiger partial charge in [0.2, 0.25) is 0 Å². The van der Waals surface area contributed by atoms with Crippen molar-refractivity contribution in [2.24, 2.45) is 5.73 Å². The first-order valence-corrected chi connectivity index (χ1v) is 4.55. The molecule has 0 saturated carbocycles. The van der Waals surface area contributed by atoms with Crippen LogP contribution in [-0.4, -0.2) is 21.3 Å².